The maximum absolute atomic E-state index is 10.7. The standard InChI is InChI=1S/C23H40N2O2.C9H16O.C4H10.CH2O/c1-6-20-10-9-19(13-23(20)27-12-8-11-26-5)16-25(18(3)4)17-22-15-24-14-21(22)7-2;1-8(10)7-9-5-3-2-4-6-9;1-4(2)3;1-2/h9-10,13,18,21-22,24H,6-8,11-12,14-17H2,1-5H3;9H,2-7H2,1H3;4H,1-3H3;1H2/t21?,22-;;;/m0.../s1. The number of carbonyl (C=O) groups excluding carboxylic acids is 2. The Hall–Kier alpha value is -1.76. The maximum Gasteiger partial charge on any atom is 0.130 e. The molecule has 250 valence electrons. The molecule has 1 aromatic carbocycles. The number of Topliss-reactive ketones (excluding diaryl/α,β-unsaturated/α-hetero) is 1. The van der Waals surface area contributed by atoms with E-state index in [0.29, 0.717) is 18.4 Å². The molecular formula is C37H68N2O4. The molecule has 1 heterocycles. The van der Waals surface area contributed by atoms with E-state index in [2.05, 4.69) is 76.9 Å². The summed E-state index contributed by atoms with van der Waals surface area (Å²) in [6.45, 7) is 25.3. The predicted molar refractivity (Wildman–Crippen MR) is 183 cm³/mol. The van der Waals surface area contributed by atoms with Crippen LogP contribution >= 0.6 is 0 Å². The Balaban J connectivity index is 0.000000905. The van der Waals surface area contributed by atoms with E-state index in [1.807, 2.05) is 6.79 Å². The molecule has 43 heavy (non-hydrogen) atoms. The third kappa shape index (κ3) is 19.3. The second-order valence-electron chi connectivity index (χ2n) is 13.2. The zero-order chi connectivity index (χ0) is 32.6. The number of hydrogen-bond acceptors (Lipinski definition) is 6. The lowest BCUT2D eigenvalue weighted by molar-refractivity contribution is -0.118. The Morgan fingerprint density at radius 2 is 1.63 bits per heavy atom. The summed E-state index contributed by atoms with van der Waals surface area (Å²) in [5.74, 6) is 4.55. The van der Waals surface area contributed by atoms with Gasteiger partial charge in [-0.25, -0.2) is 0 Å². The summed E-state index contributed by atoms with van der Waals surface area (Å²) in [7, 11) is 1.74. The topological polar surface area (TPSA) is 67.9 Å². The summed E-state index contributed by atoms with van der Waals surface area (Å²) in [6, 6.07) is 7.32. The van der Waals surface area contributed by atoms with Crippen molar-refractivity contribution in [3.63, 3.8) is 0 Å². The van der Waals surface area contributed by atoms with Gasteiger partial charge in [-0.05, 0) is 81.1 Å². The average molecular weight is 605 g/mol. The summed E-state index contributed by atoms with van der Waals surface area (Å²) in [4.78, 5) is 21.3. The van der Waals surface area contributed by atoms with Crippen LogP contribution in [-0.4, -0.2) is 63.5 Å². The van der Waals surface area contributed by atoms with Crippen LogP contribution in [0, 0.1) is 23.7 Å². The van der Waals surface area contributed by atoms with Gasteiger partial charge in [-0.2, -0.15) is 0 Å². The van der Waals surface area contributed by atoms with Gasteiger partial charge in [-0.3, -0.25) is 4.90 Å². The highest BCUT2D eigenvalue weighted by Crippen LogP contribution is 2.27. The van der Waals surface area contributed by atoms with Gasteiger partial charge < -0.3 is 24.4 Å². The first-order chi connectivity index (χ1) is 20.6. The zero-order valence-corrected chi connectivity index (χ0v) is 29.5. The number of ether oxygens (including phenoxy) is 2. The quantitative estimate of drug-likeness (QED) is 0.216. The molecule has 1 aliphatic carbocycles. The van der Waals surface area contributed by atoms with Gasteiger partial charge in [0.1, 0.15) is 18.3 Å². The molecule has 6 heteroatoms. The minimum Gasteiger partial charge on any atom is -0.493 e. The Bertz CT molecular complexity index is 820. The number of nitrogens with one attached hydrogen (secondary N) is 1. The van der Waals surface area contributed by atoms with Crippen LogP contribution in [0.3, 0.4) is 0 Å². The van der Waals surface area contributed by atoms with Crippen LogP contribution in [0.5, 0.6) is 5.75 Å². The minimum atomic E-state index is 0.368. The van der Waals surface area contributed by atoms with Crippen LogP contribution in [0.15, 0.2) is 18.2 Å². The van der Waals surface area contributed by atoms with Crippen molar-refractivity contribution in [1.82, 2.24) is 10.2 Å². The van der Waals surface area contributed by atoms with Crippen molar-refractivity contribution in [3.05, 3.63) is 29.3 Å². The SMILES string of the molecule is C=O.CC(=O)CC1CCCCC1.CC(C)C.CCc1ccc(CN(C[C@@H]2CNCC2CC)C(C)C)cc1OCCCOC. The number of nitrogens with zero attached hydrogens (tertiary/aromatic N) is 1. The zero-order valence-electron chi connectivity index (χ0n) is 29.5. The third-order valence-corrected chi connectivity index (χ3v) is 8.15. The van der Waals surface area contributed by atoms with Crippen molar-refractivity contribution < 1.29 is 19.1 Å². The molecule has 0 amide bonds. The Kier molecular flexibility index (Phi) is 24.5. The van der Waals surface area contributed by atoms with Crippen LogP contribution < -0.4 is 10.1 Å². The summed E-state index contributed by atoms with van der Waals surface area (Å²) in [5, 5.41) is 3.58. The molecule has 2 aliphatic rings. The van der Waals surface area contributed by atoms with E-state index in [9.17, 15) is 4.79 Å². The molecule has 1 N–H and O–H groups in total. The van der Waals surface area contributed by atoms with Gasteiger partial charge in [0.25, 0.3) is 0 Å². The molecule has 2 atom stereocenters. The molecule has 6 nitrogen and oxygen atoms in total. The highest BCUT2D eigenvalue weighted by molar-refractivity contribution is 5.75. The lowest BCUT2D eigenvalue weighted by atomic mass is 9.86. The van der Waals surface area contributed by atoms with Crippen LogP contribution in [0.4, 0.5) is 0 Å². The molecule has 1 unspecified atom stereocenters. The van der Waals surface area contributed by atoms with Crippen molar-refractivity contribution in [3.8, 4) is 5.75 Å². The van der Waals surface area contributed by atoms with Crippen LogP contribution in [0.1, 0.15) is 118 Å². The Labute approximate surface area is 266 Å². The highest BCUT2D eigenvalue weighted by atomic mass is 16.5. The lowest BCUT2D eigenvalue weighted by Gasteiger charge is -2.31. The van der Waals surface area contributed by atoms with Crippen LogP contribution in [0.2, 0.25) is 0 Å². The number of aryl methyl sites for hydroxylation is 1. The molecule has 1 saturated carbocycles. The smallest absolute Gasteiger partial charge is 0.130 e. The molecule has 0 radical (unpaired) electrons. The van der Waals surface area contributed by atoms with Gasteiger partial charge in [0.15, 0.2) is 0 Å². The van der Waals surface area contributed by atoms with E-state index < -0.39 is 0 Å². The van der Waals surface area contributed by atoms with Crippen molar-refractivity contribution in [2.75, 3.05) is 40.0 Å². The summed E-state index contributed by atoms with van der Waals surface area (Å²) < 4.78 is 11.2. The fraction of sp³-hybridized carbons (Fsp3) is 0.784. The number of carbonyl (C=O) groups is 2. The number of methoxy groups -OCH3 is 1. The molecule has 0 aromatic heterocycles. The van der Waals surface area contributed by atoms with Gasteiger partial charge in [0, 0.05) is 45.7 Å². The van der Waals surface area contributed by atoms with Crippen molar-refractivity contribution >= 4 is 12.6 Å². The van der Waals surface area contributed by atoms with E-state index >= 15 is 0 Å². The monoisotopic (exact) mass is 605 g/mol. The minimum absolute atomic E-state index is 0.368. The van der Waals surface area contributed by atoms with E-state index in [1.54, 1.807) is 14.0 Å². The fourth-order valence-electron chi connectivity index (χ4n) is 5.78. The predicted octanol–water partition coefficient (Wildman–Crippen LogP) is 8.14. The van der Waals surface area contributed by atoms with Gasteiger partial charge in [-0.1, -0.05) is 85.3 Å². The van der Waals surface area contributed by atoms with Gasteiger partial charge in [0.05, 0.1) is 6.61 Å². The lowest BCUT2D eigenvalue weighted by Crippen LogP contribution is -2.37. The van der Waals surface area contributed by atoms with Gasteiger partial charge in [-0.15, -0.1) is 0 Å². The number of ketones is 1. The maximum atomic E-state index is 10.7. The van der Waals surface area contributed by atoms with E-state index in [1.165, 1.54) is 62.7 Å². The van der Waals surface area contributed by atoms with Crippen LogP contribution in [0.25, 0.3) is 0 Å². The third-order valence-electron chi connectivity index (χ3n) is 8.15. The molecule has 3 rings (SSSR count). The number of benzene rings is 1. The molecule has 2 fully saturated rings. The molecular weight excluding hydrogens is 536 g/mol. The van der Waals surface area contributed by atoms with E-state index in [4.69, 9.17) is 14.3 Å². The van der Waals surface area contributed by atoms with Crippen LogP contribution in [-0.2, 0) is 27.3 Å². The summed E-state index contributed by atoms with van der Waals surface area (Å²) in [6.07, 6.45) is 10.7. The molecule has 0 bridgehead atoms. The Morgan fingerprint density at radius 1 is 1.00 bits per heavy atom. The second-order valence-corrected chi connectivity index (χ2v) is 13.2. The van der Waals surface area contributed by atoms with Crippen molar-refractivity contribution in [1.29, 1.82) is 0 Å². The molecule has 1 saturated heterocycles. The fourth-order valence-corrected chi connectivity index (χ4v) is 5.78. The second kappa shape index (κ2) is 25.6. The number of hydrogen-bond donors (Lipinski definition) is 1. The highest BCUT2D eigenvalue weighted by Gasteiger charge is 2.28. The van der Waals surface area contributed by atoms with E-state index in [-0.39, 0.29) is 0 Å². The first-order valence-corrected chi connectivity index (χ1v) is 17.1. The molecule has 1 aromatic rings. The summed E-state index contributed by atoms with van der Waals surface area (Å²) >= 11 is 0. The van der Waals surface area contributed by atoms with Crippen molar-refractivity contribution in [2.24, 2.45) is 23.7 Å². The van der Waals surface area contributed by atoms with Crippen molar-refractivity contribution in [2.45, 2.75) is 126 Å². The first-order valence-electron chi connectivity index (χ1n) is 17.1. The Morgan fingerprint density at radius 3 is 2.16 bits per heavy atom. The van der Waals surface area contributed by atoms with Gasteiger partial charge >= 0.3 is 0 Å². The van der Waals surface area contributed by atoms with Gasteiger partial charge in [0.2, 0.25) is 0 Å². The molecule has 1 aliphatic heterocycles. The average Bonchev–Trinajstić information content (AvgIpc) is 3.43. The van der Waals surface area contributed by atoms with E-state index in [0.717, 1.165) is 68.4 Å². The number of rotatable bonds is 14. The summed E-state index contributed by atoms with van der Waals surface area (Å²) in [5.41, 5.74) is 2.64. The first kappa shape index (κ1) is 41.2. The largest absolute Gasteiger partial charge is 0.493 e. The normalized spacial score (nSPS) is 18.3. The molecule has 0 spiro atoms.